The van der Waals surface area contributed by atoms with Crippen molar-refractivity contribution in [2.24, 2.45) is 0 Å². The van der Waals surface area contributed by atoms with Gasteiger partial charge in [-0.1, -0.05) is 0 Å². The van der Waals surface area contributed by atoms with E-state index in [9.17, 15) is 14.9 Å². The van der Waals surface area contributed by atoms with Crippen molar-refractivity contribution in [2.75, 3.05) is 25.3 Å². The summed E-state index contributed by atoms with van der Waals surface area (Å²) in [4.78, 5) is 20.4. The van der Waals surface area contributed by atoms with E-state index >= 15 is 0 Å². The molecule has 0 atom stereocenters. The van der Waals surface area contributed by atoms with E-state index in [-0.39, 0.29) is 17.3 Å². The van der Waals surface area contributed by atoms with Gasteiger partial charge in [0.15, 0.2) is 0 Å². The van der Waals surface area contributed by atoms with Crippen LogP contribution in [0, 0.1) is 10.1 Å². The number of amides is 1. The topological polar surface area (TPSA) is 117 Å². The third-order valence-corrected chi connectivity index (χ3v) is 2.84. The molecule has 0 aliphatic carbocycles. The lowest BCUT2D eigenvalue weighted by Crippen LogP contribution is -2.05. The van der Waals surface area contributed by atoms with Crippen LogP contribution in [-0.4, -0.2) is 25.1 Å². The highest BCUT2D eigenvalue weighted by atomic mass is 16.6. The van der Waals surface area contributed by atoms with Gasteiger partial charge in [-0.3, -0.25) is 14.9 Å². The van der Waals surface area contributed by atoms with Gasteiger partial charge in [-0.15, -0.1) is 0 Å². The number of nitrogens with one attached hydrogen (secondary N) is 1. The molecule has 2 rings (SSSR count). The van der Waals surface area contributed by atoms with E-state index in [1.54, 1.807) is 37.4 Å². The van der Waals surface area contributed by atoms with E-state index in [1.165, 1.54) is 26.2 Å². The fraction of sp³-hybridized carbons (Fsp3) is 0.188. The van der Waals surface area contributed by atoms with Crippen molar-refractivity contribution < 1.29 is 19.2 Å². The normalized spacial score (nSPS) is 9.29. The highest BCUT2D eigenvalue weighted by molar-refractivity contribution is 5.88. The van der Waals surface area contributed by atoms with E-state index in [1.807, 2.05) is 0 Å². The fourth-order valence-electron chi connectivity index (χ4n) is 1.69. The fourth-order valence-corrected chi connectivity index (χ4v) is 1.69. The molecule has 0 bridgehead atoms. The maximum Gasteiger partial charge on any atom is 0.295 e. The first-order valence-electron chi connectivity index (χ1n) is 6.87. The second-order valence-electron chi connectivity index (χ2n) is 4.59. The Labute approximate surface area is 139 Å². The van der Waals surface area contributed by atoms with Crippen LogP contribution < -0.4 is 20.5 Å². The predicted molar refractivity (Wildman–Crippen MR) is 91.4 cm³/mol. The van der Waals surface area contributed by atoms with Gasteiger partial charge in [-0.05, 0) is 36.4 Å². The van der Waals surface area contributed by atoms with Gasteiger partial charge in [-0.2, -0.15) is 0 Å². The van der Waals surface area contributed by atoms with Crippen LogP contribution in [0.3, 0.4) is 0 Å². The summed E-state index contributed by atoms with van der Waals surface area (Å²) in [6.07, 6.45) is 0. The van der Waals surface area contributed by atoms with Crippen LogP contribution in [-0.2, 0) is 4.79 Å². The minimum Gasteiger partial charge on any atom is -0.497 e. The number of carbonyl (C=O) groups is 1. The number of rotatable bonds is 4. The van der Waals surface area contributed by atoms with Crippen LogP contribution >= 0.6 is 0 Å². The number of hydrogen-bond donors (Lipinski definition) is 2. The Balaban J connectivity index is 0.000000240. The van der Waals surface area contributed by atoms with Gasteiger partial charge in [0.1, 0.15) is 17.2 Å². The Morgan fingerprint density at radius 3 is 2.08 bits per heavy atom. The number of methoxy groups -OCH3 is 2. The summed E-state index contributed by atoms with van der Waals surface area (Å²) >= 11 is 0. The summed E-state index contributed by atoms with van der Waals surface area (Å²) < 4.78 is 9.76. The van der Waals surface area contributed by atoms with Gasteiger partial charge in [0.2, 0.25) is 5.91 Å². The standard InChI is InChI=1S/C9H11NO2.C7H8N2O3/c1-7(11)10-8-3-5-9(12-2)6-4-8;1-12-5-2-3-6(8)7(4-5)9(10)11/h3-6H,1-2H3,(H,10,11);2-4H,8H2,1H3. The van der Waals surface area contributed by atoms with Crippen LogP contribution in [0.1, 0.15) is 6.92 Å². The summed E-state index contributed by atoms with van der Waals surface area (Å²) in [5.41, 5.74) is 6.14. The van der Waals surface area contributed by atoms with Gasteiger partial charge in [0, 0.05) is 12.6 Å². The Bertz CT molecular complexity index is 701. The number of hydrogen-bond acceptors (Lipinski definition) is 6. The summed E-state index contributed by atoms with van der Waals surface area (Å²) in [6, 6.07) is 11.5. The van der Waals surface area contributed by atoms with Crippen molar-refractivity contribution in [3.8, 4) is 11.5 Å². The minimum absolute atomic E-state index is 0.0693. The maximum absolute atomic E-state index is 10.6. The van der Waals surface area contributed by atoms with Crippen molar-refractivity contribution in [1.82, 2.24) is 0 Å². The molecule has 2 aromatic rings. The second kappa shape index (κ2) is 8.99. The van der Waals surface area contributed by atoms with Crippen molar-refractivity contribution in [2.45, 2.75) is 6.92 Å². The zero-order chi connectivity index (χ0) is 18.1. The third-order valence-electron chi connectivity index (χ3n) is 2.84. The average molecular weight is 333 g/mol. The molecule has 0 unspecified atom stereocenters. The Hall–Kier alpha value is -3.29. The summed E-state index contributed by atoms with van der Waals surface area (Å²) in [5, 5.41) is 13.0. The molecule has 24 heavy (non-hydrogen) atoms. The van der Waals surface area contributed by atoms with Crippen LogP contribution in [0.4, 0.5) is 17.1 Å². The highest BCUT2D eigenvalue weighted by Gasteiger charge is 2.11. The molecule has 2 aromatic carbocycles. The number of nitrogen functional groups attached to an aromatic ring is 1. The van der Waals surface area contributed by atoms with Crippen molar-refractivity contribution in [1.29, 1.82) is 0 Å². The number of benzene rings is 2. The maximum atomic E-state index is 10.6. The molecule has 0 aromatic heterocycles. The quantitative estimate of drug-likeness (QED) is 0.505. The molecule has 0 radical (unpaired) electrons. The molecule has 0 heterocycles. The molecule has 3 N–H and O–H groups in total. The van der Waals surface area contributed by atoms with Gasteiger partial charge >= 0.3 is 0 Å². The first-order valence-corrected chi connectivity index (χ1v) is 6.87. The van der Waals surface area contributed by atoms with Crippen LogP contribution in [0.15, 0.2) is 42.5 Å². The van der Waals surface area contributed by atoms with Crippen LogP contribution in [0.2, 0.25) is 0 Å². The van der Waals surface area contributed by atoms with Crippen molar-refractivity contribution in [3.63, 3.8) is 0 Å². The smallest absolute Gasteiger partial charge is 0.295 e. The molecule has 0 saturated carbocycles. The first-order chi connectivity index (χ1) is 11.4. The molecule has 0 fully saturated rings. The molecular formula is C16H19N3O5. The molecule has 0 saturated heterocycles. The van der Waals surface area contributed by atoms with Crippen molar-refractivity contribution >= 4 is 23.0 Å². The van der Waals surface area contributed by atoms with Crippen molar-refractivity contribution in [3.05, 3.63) is 52.6 Å². The zero-order valence-corrected chi connectivity index (χ0v) is 13.6. The lowest BCUT2D eigenvalue weighted by molar-refractivity contribution is -0.384. The Kier molecular flexibility index (Phi) is 7.02. The lowest BCUT2D eigenvalue weighted by atomic mass is 10.2. The van der Waals surface area contributed by atoms with E-state index in [2.05, 4.69) is 5.32 Å². The number of ether oxygens (including phenoxy) is 2. The average Bonchev–Trinajstić information content (AvgIpc) is 2.56. The van der Waals surface area contributed by atoms with Gasteiger partial charge in [0.25, 0.3) is 5.69 Å². The molecular weight excluding hydrogens is 314 g/mol. The molecule has 8 heteroatoms. The zero-order valence-electron chi connectivity index (χ0n) is 13.6. The third kappa shape index (κ3) is 5.84. The largest absolute Gasteiger partial charge is 0.497 e. The summed E-state index contributed by atoms with van der Waals surface area (Å²) in [6.45, 7) is 1.48. The summed E-state index contributed by atoms with van der Waals surface area (Å²) in [7, 11) is 3.04. The molecule has 128 valence electrons. The van der Waals surface area contributed by atoms with E-state index in [0.717, 1.165) is 11.4 Å². The number of carbonyl (C=O) groups excluding carboxylic acids is 1. The number of anilines is 2. The van der Waals surface area contributed by atoms with Gasteiger partial charge in [0.05, 0.1) is 25.2 Å². The molecule has 8 nitrogen and oxygen atoms in total. The SMILES string of the molecule is COc1ccc(N)c([N+](=O)[O-])c1.COc1ccc(NC(C)=O)cc1. The van der Waals surface area contributed by atoms with Crippen LogP contribution in [0.25, 0.3) is 0 Å². The number of nitro groups is 1. The monoisotopic (exact) mass is 333 g/mol. The highest BCUT2D eigenvalue weighted by Crippen LogP contribution is 2.25. The Morgan fingerprint density at radius 1 is 1.08 bits per heavy atom. The van der Waals surface area contributed by atoms with Gasteiger partial charge in [-0.25, -0.2) is 0 Å². The molecule has 1 amide bonds. The van der Waals surface area contributed by atoms with Crippen LogP contribution in [0.5, 0.6) is 11.5 Å². The van der Waals surface area contributed by atoms with Gasteiger partial charge < -0.3 is 20.5 Å². The number of nitro benzene ring substituents is 1. The van der Waals surface area contributed by atoms with E-state index < -0.39 is 4.92 Å². The molecule has 0 aliphatic rings. The minimum atomic E-state index is -0.544. The summed E-state index contributed by atoms with van der Waals surface area (Å²) in [5.74, 6) is 1.14. The predicted octanol–water partition coefficient (Wildman–Crippen LogP) is 2.84. The Morgan fingerprint density at radius 2 is 1.62 bits per heavy atom. The molecule has 0 aliphatic heterocycles. The lowest BCUT2D eigenvalue weighted by Gasteiger charge is -2.02. The van der Waals surface area contributed by atoms with E-state index in [4.69, 9.17) is 15.2 Å². The van der Waals surface area contributed by atoms with E-state index in [0.29, 0.717) is 5.75 Å². The second-order valence-corrected chi connectivity index (χ2v) is 4.59. The molecule has 0 spiro atoms. The number of nitrogens with two attached hydrogens (primary N) is 1. The first kappa shape index (κ1) is 18.8. The number of nitrogens with zero attached hydrogens (tertiary/aromatic N) is 1.